The molecular weight excluding hydrogens is 256 g/mol. The molecule has 1 aliphatic heterocycles. The van der Waals surface area contributed by atoms with Crippen molar-refractivity contribution in [3.8, 4) is 0 Å². The van der Waals surface area contributed by atoms with Crippen LogP contribution in [0.5, 0.6) is 0 Å². The second-order valence-electron chi connectivity index (χ2n) is 5.41. The van der Waals surface area contributed by atoms with Gasteiger partial charge in [0.25, 0.3) is 0 Å². The quantitative estimate of drug-likeness (QED) is 0.834. The van der Waals surface area contributed by atoms with Crippen molar-refractivity contribution >= 4 is 5.71 Å². The molecule has 2 N–H and O–H groups in total. The first-order valence-electron chi connectivity index (χ1n) is 7.66. The summed E-state index contributed by atoms with van der Waals surface area (Å²) in [4.78, 5) is 4.58. The summed E-state index contributed by atoms with van der Waals surface area (Å²) in [5, 5.41) is 0. The van der Waals surface area contributed by atoms with Gasteiger partial charge >= 0.3 is 0 Å². The third-order valence-corrected chi connectivity index (χ3v) is 3.67. The lowest BCUT2D eigenvalue weighted by Gasteiger charge is -2.13. The van der Waals surface area contributed by atoms with E-state index in [-0.39, 0.29) is 6.04 Å². The molecule has 110 valence electrons. The second-order valence-corrected chi connectivity index (χ2v) is 5.41. The number of hydrogen-bond donors (Lipinski definition) is 1. The second kappa shape index (κ2) is 7.75. The summed E-state index contributed by atoms with van der Waals surface area (Å²) in [5.41, 5.74) is 10.4. The number of benzene rings is 1. The predicted octanol–water partition coefficient (Wildman–Crippen LogP) is 4.70. The van der Waals surface area contributed by atoms with Crippen LogP contribution in [-0.4, -0.2) is 5.71 Å². The molecule has 1 aromatic carbocycles. The highest BCUT2D eigenvalue weighted by atomic mass is 14.7. The zero-order valence-electron chi connectivity index (χ0n) is 12.8. The first kappa shape index (κ1) is 15.5. The highest BCUT2D eigenvalue weighted by Crippen LogP contribution is 2.19. The molecule has 2 nitrogen and oxygen atoms in total. The Bertz CT molecular complexity index is 562. The van der Waals surface area contributed by atoms with Crippen LogP contribution in [0.4, 0.5) is 0 Å². The van der Waals surface area contributed by atoms with Crippen LogP contribution in [0, 0.1) is 0 Å². The van der Waals surface area contributed by atoms with Gasteiger partial charge in [-0.25, -0.2) is 0 Å². The van der Waals surface area contributed by atoms with Crippen LogP contribution in [0.25, 0.3) is 0 Å². The van der Waals surface area contributed by atoms with Crippen LogP contribution in [0.3, 0.4) is 0 Å². The Morgan fingerprint density at radius 2 is 2.00 bits per heavy atom. The molecule has 0 aromatic heterocycles. The highest BCUT2D eigenvalue weighted by Gasteiger charge is 2.08. The van der Waals surface area contributed by atoms with Gasteiger partial charge in [0, 0.05) is 12.5 Å². The Morgan fingerprint density at radius 1 is 1.24 bits per heavy atom. The van der Waals surface area contributed by atoms with Crippen LogP contribution in [0.1, 0.15) is 49.8 Å². The van der Waals surface area contributed by atoms with Gasteiger partial charge in [-0.3, -0.25) is 4.99 Å². The molecule has 1 atom stereocenters. The standard InChI is InChI=1S/C19H24N2/c1-3-4-9-18(20)16-11-13-17(14-12-16)19-10-7-5-6-8-15(2)21-19/h5-8,11-14,18H,2-4,9-10,20H2,1H3/b7-5-,8-6-,21-19+. The Balaban J connectivity index is 2.14. The minimum Gasteiger partial charge on any atom is -0.324 e. The molecule has 1 aliphatic rings. The average molecular weight is 280 g/mol. The summed E-state index contributed by atoms with van der Waals surface area (Å²) >= 11 is 0. The first-order chi connectivity index (χ1) is 10.2. The Labute approximate surface area is 127 Å². The molecule has 0 fully saturated rings. The molecule has 0 bridgehead atoms. The monoisotopic (exact) mass is 280 g/mol. The average Bonchev–Trinajstić information content (AvgIpc) is 2.48. The number of unbranched alkanes of at least 4 members (excludes halogenated alkanes) is 1. The van der Waals surface area contributed by atoms with Gasteiger partial charge in [0.15, 0.2) is 0 Å². The van der Waals surface area contributed by atoms with Crippen molar-refractivity contribution in [3.05, 3.63) is 72.0 Å². The minimum absolute atomic E-state index is 0.135. The molecule has 0 spiro atoms. The zero-order chi connectivity index (χ0) is 15.1. The van der Waals surface area contributed by atoms with Gasteiger partial charge in [-0.1, -0.05) is 68.8 Å². The normalized spacial score (nSPS) is 21.8. The number of hydrogen-bond acceptors (Lipinski definition) is 2. The van der Waals surface area contributed by atoms with Gasteiger partial charge in [-0.15, -0.1) is 0 Å². The van der Waals surface area contributed by atoms with Crippen LogP contribution in [0.2, 0.25) is 0 Å². The number of rotatable bonds is 5. The Hall–Kier alpha value is -1.93. The van der Waals surface area contributed by atoms with Gasteiger partial charge in [0.05, 0.1) is 11.4 Å². The van der Waals surface area contributed by atoms with E-state index in [1.54, 1.807) is 0 Å². The lowest BCUT2D eigenvalue weighted by molar-refractivity contribution is 0.603. The van der Waals surface area contributed by atoms with E-state index in [0.29, 0.717) is 0 Å². The van der Waals surface area contributed by atoms with Crippen molar-refractivity contribution in [3.63, 3.8) is 0 Å². The molecule has 0 radical (unpaired) electrons. The molecule has 21 heavy (non-hydrogen) atoms. The Morgan fingerprint density at radius 3 is 2.71 bits per heavy atom. The number of aliphatic imine (C=N–C) groups is 1. The van der Waals surface area contributed by atoms with Gasteiger partial charge < -0.3 is 5.73 Å². The van der Waals surface area contributed by atoms with Crippen LogP contribution in [0.15, 0.2) is 65.8 Å². The van der Waals surface area contributed by atoms with Crippen molar-refractivity contribution in [2.24, 2.45) is 10.7 Å². The summed E-state index contributed by atoms with van der Waals surface area (Å²) in [5.74, 6) is 0. The summed E-state index contributed by atoms with van der Waals surface area (Å²) in [6, 6.07) is 8.62. The third kappa shape index (κ3) is 4.54. The largest absolute Gasteiger partial charge is 0.324 e. The number of nitrogens with two attached hydrogens (primary N) is 1. The lowest BCUT2D eigenvalue weighted by atomic mass is 9.98. The summed E-state index contributed by atoms with van der Waals surface area (Å²) in [7, 11) is 0. The third-order valence-electron chi connectivity index (χ3n) is 3.67. The van der Waals surface area contributed by atoms with E-state index in [9.17, 15) is 0 Å². The van der Waals surface area contributed by atoms with Crippen LogP contribution in [-0.2, 0) is 0 Å². The molecule has 0 saturated heterocycles. The van der Waals surface area contributed by atoms with E-state index in [1.165, 1.54) is 18.4 Å². The fourth-order valence-corrected chi connectivity index (χ4v) is 2.38. The fourth-order valence-electron chi connectivity index (χ4n) is 2.38. The van der Waals surface area contributed by atoms with Crippen molar-refractivity contribution in [1.29, 1.82) is 0 Å². The molecule has 0 saturated carbocycles. The summed E-state index contributed by atoms with van der Waals surface area (Å²) in [6.07, 6.45) is 12.3. The van der Waals surface area contributed by atoms with Crippen molar-refractivity contribution in [1.82, 2.24) is 0 Å². The van der Waals surface area contributed by atoms with E-state index < -0.39 is 0 Å². The van der Waals surface area contributed by atoms with Gasteiger partial charge in [0.1, 0.15) is 0 Å². The molecule has 1 unspecified atom stereocenters. The van der Waals surface area contributed by atoms with E-state index in [4.69, 9.17) is 5.73 Å². The van der Waals surface area contributed by atoms with Gasteiger partial charge in [0.2, 0.25) is 0 Å². The maximum atomic E-state index is 6.21. The maximum absolute atomic E-state index is 6.21. The van der Waals surface area contributed by atoms with Gasteiger partial charge in [-0.05, 0) is 23.6 Å². The van der Waals surface area contributed by atoms with E-state index in [2.05, 4.69) is 48.8 Å². The fraction of sp³-hybridized carbons (Fsp3) is 0.316. The number of nitrogens with zero attached hydrogens (tertiary/aromatic N) is 1. The SMILES string of the molecule is C=C1/C=C\C=C/C/C(c2ccc(C(N)CCCC)cc2)=N\1. The van der Waals surface area contributed by atoms with Crippen molar-refractivity contribution in [2.75, 3.05) is 0 Å². The molecule has 2 heteroatoms. The molecule has 1 aromatic rings. The van der Waals surface area contributed by atoms with Crippen molar-refractivity contribution < 1.29 is 0 Å². The smallest absolute Gasteiger partial charge is 0.0561 e. The number of allylic oxidation sites excluding steroid dienone is 4. The Kier molecular flexibility index (Phi) is 5.70. The van der Waals surface area contributed by atoms with Crippen molar-refractivity contribution in [2.45, 2.75) is 38.6 Å². The van der Waals surface area contributed by atoms with Crippen LogP contribution < -0.4 is 5.73 Å². The maximum Gasteiger partial charge on any atom is 0.0561 e. The van der Waals surface area contributed by atoms with E-state index in [1.807, 2.05) is 18.2 Å². The highest BCUT2D eigenvalue weighted by molar-refractivity contribution is 6.02. The zero-order valence-corrected chi connectivity index (χ0v) is 12.8. The van der Waals surface area contributed by atoms with E-state index >= 15 is 0 Å². The van der Waals surface area contributed by atoms with E-state index in [0.717, 1.165) is 29.8 Å². The topological polar surface area (TPSA) is 38.4 Å². The summed E-state index contributed by atoms with van der Waals surface area (Å²) in [6.45, 7) is 6.13. The predicted molar refractivity (Wildman–Crippen MR) is 91.5 cm³/mol. The molecule has 1 heterocycles. The van der Waals surface area contributed by atoms with Gasteiger partial charge in [-0.2, -0.15) is 0 Å². The minimum atomic E-state index is 0.135. The molecule has 2 rings (SSSR count). The van der Waals surface area contributed by atoms with Crippen LogP contribution >= 0.6 is 0 Å². The summed E-state index contributed by atoms with van der Waals surface area (Å²) < 4.78 is 0. The molecular formula is C19H24N2. The lowest BCUT2D eigenvalue weighted by Crippen LogP contribution is -2.10. The molecule has 0 amide bonds. The first-order valence-corrected chi connectivity index (χ1v) is 7.66. The molecule has 0 aliphatic carbocycles.